The summed E-state index contributed by atoms with van der Waals surface area (Å²) in [6, 6.07) is 26.5. The lowest BCUT2D eigenvalue weighted by Gasteiger charge is -2.35. The summed E-state index contributed by atoms with van der Waals surface area (Å²) in [5, 5.41) is 15.7. The normalized spacial score (nSPS) is 14.1. The molecule has 0 unspecified atom stereocenters. The van der Waals surface area contributed by atoms with Crippen molar-refractivity contribution in [2.45, 2.75) is 12.8 Å². The summed E-state index contributed by atoms with van der Waals surface area (Å²) in [5.74, 6) is -0.396. The highest BCUT2D eigenvalue weighted by Crippen LogP contribution is 2.24. The molecule has 0 saturated carbocycles. The molecule has 0 atom stereocenters. The summed E-state index contributed by atoms with van der Waals surface area (Å²) in [4.78, 5) is 30.0. The van der Waals surface area contributed by atoms with Crippen LogP contribution < -0.4 is 5.43 Å². The van der Waals surface area contributed by atoms with Gasteiger partial charge in [-0.05, 0) is 46.5 Å². The average molecular weight is 555 g/mol. The smallest absolute Gasteiger partial charge is 0.271 e. The maximum atomic E-state index is 13.2. The molecular formula is C32H31ClN4O3. The lowest BCUT2D eigenvalue weighted by atomic mass is 9.97. The number of halogens is 1. The standard InChI is InChI=1S/C32H31ClN4O3/c33-29-20-25(12-13-30(29)38)32(40)35-34-22-26-11-10-24(27-8-4-5-9-28(26)27)21-31(39)37-18-16-36(17-19-37)15-14-23-6-2-1-3-7-23/h1-13,20,22,38H,14-19,21H2,(H,35,40). The molecule has 1 aliphatic heterocycles. The molecule has 1 aliphatic rings. The predicted octanol–water partition coefficient (Wildman–Crippen LogP) is 4.89. The third-order valence-electron chi connectivity index (χ3n) is 7.25. The number of carbonyl (C=O) groups excluding carboxylic acids is 2. The highest BCUT2D eigenvalue weighted by atomic mass is 35.5. The SMILES string of the molecule is O=C(NN=Cc1ccc(CC(=O)N2CCN(CCc3ccccc3)CC2)c2ccccc12)c1ccc(O)c(Cl)c1. The Bertz CT molecular complexity index is 1530. The monoisotopic (exact) mass is 554 g/mol. The number of fused-ring (bicyclic) bond motifs is 1. The van der Waals surface area contributed by atoms with Crippen LogP contribution in [-0.2, 0) is 17.6 Å². The Kier molecular flexibility index (Phi) is 8.74. The van der Waals surface area contributed by atoms with Crippen molar-refractivity contribution in [3.63, 3.8) is 0 Å². The van der Waals surface area contributed by atoms with E-state index in [-0.39, 0.29) is 22.2 Å². The molecule has 2 amide bonds. The number of aromatic hydroxyl groups is 1. The van der Waals surface area contributed by atoms with E-state index in [0.717, 1.165) is 61.0 Å². The zero-order chi connectivity index (χ0) is 27.9. The van der Waals surface area contributed by atoms with Gasteiger partial charge in [-0.2, -0.15) is 5.10 Å². The van der Waals surface area contributed by atoms with Gasteiger partial charge in [-0.1, -0.05) is 78.3 Å². The Morgan fingerprint density at radius 2 is 1.62 bits per heavy atom. The summed E-state index contributed by atoms with van der Waals surface area (Å²) >= 11 is 5.90. The Balaban J connectivity index is 1.19. The third-order valence-corrected chi connectivity index (χ3v) is 7.56. The van der Waals surface area contributed by atoms with Crippen molar-refractivity contribution in [1.82, 2.24) is 15.2 Å². The average Bonchev–Trinajstić information content (AvgIpc) is 2.99. The summed E-state index contributed by atoms with van der Waals surface area (Å²) in [7, 11) is 0. The second-order valence-corrected chi connectivity index (χ2v) is 10.3. The minimum absolute atomic E-state index is 0.0899. The van der Waals surface area contributed by atoms with Crippen LogP contribution in [0.25, 0.3) is 10.8 Å². The summed E-state index contributed by atoms with van der Waals surface area (Å²) < 4.78 is 0. The molecule has 2 N–H and O–H groups in total. The Morgan fingerprint density at radius 1 is 0.900 bits per heavy atom. The number of carbonyl (C=O) groups is 2. The van der Waals surface area contributed by atoms with Crippen LogP contribution in [0.2, 0.25) is 5.02 Å². The number of hydrogen-bond acceptors (Lipinski definition) is 5. The number of rotatable bonds is 8. The maximum absolute atomic E-state index is 13.2. The van der Waals surface area contributed by atoms with Gasteiger partial charge in [0.2, 0.25) is 5.91 Å². The molecule has 40 heavy (non-hydrogen) atoms. The zero-order valence-corrected chi connectivity index (χ0v) is 22.8. The molecule has 0 aliphatic carbocycles. The second kappa shape index (κ2) is 12.8. The molecule has 0 spiro atoms. The van der Waals surface area contributed by atoms with Gasteiger partial charge in [0.15, 0.2) is 0 Å². The van der Waals surface area contributed by atoms with Gasteiger partial charge >= 0.3 is 0 Å². The van der Waals surface area contributed by atoms with Crippen LogP contribution in [0, 0.1) is 0 Å². The van der Waals surface area contributed by atoms with Crippen molar-refractivity contribution in [3.05, 3.63) is 112 Å². The van der Waals surface area contributed by atoms with E-state index in [1.807, 2.05) is 47.4 Å². The maximum Gasteiger partial charge on any atom is 0.271 e. The molecule has 1 fully saturated rings. The van der Waals surface area contributed by atoms with Crippen LogP contribution in [0.3, 0.4) is 0 Å². The van der Waals surface area contributed by atoms with Gasteiger partial charge < -0.3 is 10.0 Å². The molecule has 8 heteroatoms. The van der Waals surface area contributed by atoms with E-state index < -0.39 is 5.91 Å². The highest BCUT2D eigenvalue weighted by molar-refractivity contribution is 6.32. The van der Waals surface area contributed by atoms with E-state index in [9.17, 15) is 14.7 Å². The second-order valence-electron chi connectivity index (χ2n) is 9.86. The minimum Gasteiger partial charge on any atom is -0.506 e. The highest BCUT2D eigenvalue weighted by Gasteiger charge is 2.21. The molecule has 0 bridgehead atoms. The van der Waals surface area contributed by atoms with Gasteiger partial charge in [-0.3, -0.25) is 14.5 Å². The van der Waals surface area contributed by atoms with E-state index in [0.29, 0.717) is 6.42 Å². The molecule has 7 nitrogen and oxygen atoms in total. The van der Waals surface area contributed by atoms with Crippen molar-refractivity contribution < 1.29 is 14.7 Å². The van der Waals surface area contributed by atoms with Gasteiger partial charge in [0.1, 0.15) is 5.75 Å². The predicted molar refractivity (Wildman–Crippen MR) is 159 cm³/mol. The lowest BCUT2D eigenvalue weighted by Crippen LogP contribution is -2.49. The van der Waals surface area contributed by atoms with Crippen molar-refractivity contribution in [2.75, 3.05) is 32.7 Å². The molecule has 0 aromatic heterocycles. The molecule has 4 aromatic rings. The van der Waals surface area contributed by atoms with Crippen LogP contribution in [-0.4, -0.2) is 65.7 Å². The van der Waals surface area contributed by atoms with Gasteiger partial charge in [0.05, 0.1) is 17.7 Å². The largest absolute Gasteiger partial charge is 0.506 e. The number of piperazine rings is 1. The summed E-state index contributed by atoms with van der Waals surface area (Å²) in [6.45, 7) is 4.25. The molecule has 5 rings (SSSR count). The first-order valence-electron chi connectivity index (χ1n) is 13.3. The van der Waals surface area contributed by atoms with Gasteiger partial charge in [0.25, 0.3) is 5.91 Å². The van der Waals surface area contributed by atoms with Crippen LogP contribution in [0.4, 0.5) is 0 Å². The van der Waals surface area contributed by atoms with Crippen molar-refractivity contribution in [3.8, 4) is 5.75 Å². The number of hydrazone groups is 1. The fraction of sp³-hybridized carbons (Fsp3) is 0.219. The fourth-order valence-electron chi connectivity index (χ4n) is 4.95. The van der Waals surface area contributed by atoms with Crippen molar-refractivity contribution in [1.29, 1.82) is 0 Å². The first-order chi connectivity index (χ1) is 19.5. The number of phenols is 1. The van der Waals surface area contributed by atoms with Gasteiger partial charge in [0, 0.05) is 43.9 Å². The quantitative estimate of drug-likeness (QED) is 0.240. The van der Waals surface area contributed by atoms with Crippen LogP contribution >= 0.6 is 11.6 Å². The number of phenolic OH excluding ortho intramolecular Hbond substituents is 1. The van der Waals surface area contributed by atoms with E-state index in [2.05, 4.69) is 39.7 Å². The first-order valence-corrected chi connectivity index (χ1v) is 13.7. The molecule has 204 valence electrons. The van der Waals surface area contributed by atoms with E-state index in [1.165, 1.54) is 23.8 Å². The number of amides is 2. The van der Waals surface area contributed by atoms with Crippen LogP contribution in [0.15, 0.2) is 90.0 Å². The van der Waals surface area contributed by atoms with E-state index in [4.69, 9.17) is 11.6 Å². The van der Waals surface area contributed by atoms with Crippen molar-refractivity contribution in [2.24, 2.45) is 5.10 Å². The number of nitrogens with one attached hydrogen (secondary N) is 1. The number of hydrogen-bond donors (Lipinski definition) is 2. The number of benzene rings is 4. The Labute approximate surface area is 238 Å². The van der Waals surface area contributed by atoms with Gasteiger partial charge in [-0.15, -0.1) is 0 Å². The number of nitrogens with zero attached hydrogens (tertiary/aromatic N) is 3. The molecular weight excluding hydrogens is 524 g/mol. The van der Waals surface area contributed by atoms with E-state index in [1.54, 1.807) is 6.21 Å². The fourth-order valence-corrected chi connectivity index (χ4v) is 5.13. The molecule has 1 heterocycles. The topological polar surface area (TPSA) is 85.2 Å². The Hall–Kier alpha value is -4.20. The van der Waals surface area contributed by atoms with Crippen molar-refractivity contribution >= 4 is 40.4 Å². The summed E-state index contributed by atoms with van der Waals surface area (Å²) in [6.07, 6.45) is 2.94. The minimum atomic E-state index is -0.440. The Morgan fingerprint density at radius 3 is 2.38 bits per heavy atom. The lowest BCUT2D eigenvalue weighted by molar-refractivity contribution is -0.132. The molecule has 4 aromatic carbocycles. The summed E-state index contributed by atoms with van der Waals surface area (Å²) in [5.41, 5.74) is 5.91. The first kappa shape index (κ1) is 27.4. The molecule has 0 radical (unpaired) electrons. The van der Waals surface area contributed by atoms with Crippen LogP contribution in [0.5, 0.6) is 5.75 Å². The zero-order valence-electron chi connectivity index (χ0n) is 22.1. The third kappa shape index (κ3) is 6.68. The molecule has 1 saturated heterocycles. The van der Waals surface area contributed by atoms with Crippen LogP contribution in [0.1, 0.15) is 27.0 Å². The van der Waals surface area contributed by atoms with Gasteiger partial charge in [-0.25, -0.2) is 5.43 Å². The van der Waals surface area contributed by atoms with E-state index >= 15 is 0 Å².